The van der Waals surface area contributed by atoms with Crippen LogP contribution in [0.2, 0.25) is 0 Å². The number of hydrogen-bond acceptors (Lipinski definition) is 5. The number of methoxy groups -OCH3 is 2. The maximum Gasteiger partial charge on any atom is 0.328 e. The van der Waals surface area contributed by atoms with E-state index in [4.69, 9.17) is 0 Å². The fourth-order valence-corrected chi connectivity index (χ4v) is 1.82. The molecule has 0 saturated heterocycles. The first-order valence-electron chi connectivity index (χ1n) is 6.64. The number of nitrogens with one attached hydrogen (secondary N) is 1. The monoisotopic (exact) mass is 311 g/mol. The van der Waals surface area contributed by atoms with Crippen LogP contribution in [0, 0.1) is 5.82 Å². The normalized spacial score (nSPS) is 11.4. The molecule has 1 rings (SSSR count). The van der Waals surface area contributed by atoms with Gasteiger partial charge in [0.1, 0.15) is 11.9 Å². The second-order valence-corrected chi connectivity index (χ2v) is 4.55. The Morgan fingerprint density at radius 1 is 1.18 bits per heavy atom. The van der Waals surface area contributed by atoms with Crippen molar-refractivity contribution in [3.05, 3.63) is 35.6 Å². The van der Waals surface area contributed by atoms with Crippen LogP contribution in [0.4, 0.5) is 4.39 Å². The molecule has 0 unspecified atom stereocenters. The third-order valence-electron chi connectivity index (χ3n) is 2.93. The standard InChI is InChI=1S/C15H18FNO5/c1-21-14(19)7-6-13(18)17-12(15(20)22-2)9-10-4-3-5-11(16)8-10/h3-5,8,12H,6-7,9H2,1-2H3,(H,17,18)/t12-/m0/s1. The molecule has 0 aliphatic rings. The van der Waals surface area contributed by atoms with Gasteiger partial charge in [-0.1, -0.05) is 12.1 Å². The molecular weight excluding hydrogens is 293 g/mol. The maximum absolute atomic E-state index is 13.2. The van der Waals surface area contributed by atoms with Gasteiger partial charge in [-0.3, -0.25) is 9.59 Å². The van der Waals surface area contributed by atoms with Gasteiger partial charge in [0.05, 0.1) is 20.6 Å². The molecule has 6 nitrogen and oxygen atoms in total. The number of amides is 1. The zero-order valence-electron chi connectivity index (χ0n) is 12.4. The van der Waals surface area contributed by atoms with Crippen molar-refractivity contribution in [2.75, 3.05) is 14.2 Å². The number of ether oxygens (including phenoxy) is 2. The SMILES string of the molecule is COC(=O)CCC(=O)N[C@@H](Cc1cccc(F)c1)C(=O)OC. The Morgan fingerprint density at radius 3 is 2.50 bits per heavy atom. The second-order valence-electron chi connectivity index (χ2n) is 4.55. The summed E-state index contributed by atoms with van der Waals surface area (Å²) in [4.78, 5) is 34.4. The van der Waals surface area contributed by atoms with Gasteiger partial charge in [0.25, 0.3) is 0 Å². The lowest BCUT2D eigenvalue weighted by molar-refractivity contribution is -0.145. The van der Waals surface area contributed by atoms with Gasteiger partial charge >= 0.3 is 11.9 Å². The highest BCUT2D eigenvalue weighted by atomic mass is 19.1. The van der Waals surface area contributed by atoms with E-state index in [-0.39, 0.29) is 19.3 Å². The van der Waals surface area contributed by atoms with E-state index < -0.39 is 29.7 Å². The van der Waals surface area contributed by atoms with Crippen molar-refractivity contribution in [2.45, 2.75) is 25.3 Å². The van der Waals surface area contributed by atoms with Crippen LogP contribution in [0.15, 0.2) is 24.3 Å². The summed E-state index contributed by atoms with van der Waals surface area (Å²) in [7, 11) is 2.42. The molecule has 0 radical (unpaired) electrons. The molecule has 7 heteroatoms. The average molecular weight is 311 g/mol. The van der Waals surface area contributed by atoms with E-state index in [1.54, 1.807) is 6.07 Å². The number of halogens is 1. The summed E-state index contributed by atoms with van der Waals surface area (Å²) in [6.45, 7) is 0. The van der Waals surface area contributed by atoms with Gasteiger partial charge in [-0.15, -0.1) is 0 Å². The van der Waals surface area contributed by atoms with E-state index in [1.165, 1.54) is 32.4 Å². The highest BCUT2D eigenvalue weighted by molar-refractivity contribution is 5.86. The second kappa shape index (κ2) is 8.76. The number of benzene rings is 1. The van der Waals surface area contributed by atoms with Gasteiger partial charge in [0.2, 0.25) is 5.91 Å². The fraction of sp³-hybridized carbons (Fsp3) is 0.400. The molecule has 0 bridgehead atoms. The molecule has 1 aromatic rings. The van der Waals surface area contributed by atoms with Crippen molar-refractivity contribution in [3.8, 4) is 0 Å². The van der Waals surface area contributed by atoms with Gasteiger partial charge in [-0.25, -0.2) is 9.18 Å². The van der Waals surface area contributed by atoms with Crippen molar-refractivity contribution in [3.63, 3.8) is 0 Å². The number of rotatable bonds is 7. The first-order chi connectivity index (χ1) is 10.5. The molecule has 22 heavy (non-hydrogen) atoms. The summed E-state index contributed by atoms with van der Waals surface area (Å²) in [6.07, 6.45) is -0.103. The zero-order chi connectivity index (χ0) is 16.5. The summed E-state index contributed by atoms with van der Waals surface area (Å²) < 4.78 is 22.2. The Morgan fingerprint density at radius 2 is 1.91 bits per heavy atom. The molecule has 0 saturated carbocycles. The minimum Gasteiger partial charge on any atom is -0.469 e. The van der Waals surface area contributed by atoms with Crippen LogP contribution in [0.3, 0.4) is 0 Å². The van der Waals surface area contributed by atoms with Gasteiger partial charge < -0.3 is 14.8 Å². The lowest BCUT2D eigenvalue weighted by Crippen LogP contribution is -2.43. The highest BCUT2D eigenvalue weighted by Gasteiger charge is 2.22. The summed E-state index contributed by atoms with van der Waals surface area (Å²) in [6, 6.07) is 4.76. The Balaban J connectivity index is 2.66. The molecule has 120 valence electrons. The molecular formula is C15H18FNO5. The van der Waals surface area contributed by atoms with Gasteiger partial charge in [-0.2, -0.15) is 0 Å². The lowest BCUT2D eigenvalue weighted by atomic mass is 10.1. The van der Waals surface area contributed by atoms with Gasteiger partial charge in [-0.05, 0) is 17.7 Å². The maximum atomic E-state index is 13.2. The van der Waals surface area contributed by atoms with Crippen LogP contribution in [0.5, 0.6) is 0 Å². The lowest BCUT2D eigenvalue weighted by Gasteiger charge is -2.16. The third-order valence-corrected chi connectivity index (χ3v) is 2.93. The zero-order valence-corrected chi connectivity index (χ0v) is 12.4. The number of carbonyl (C=O) groups excluding carboxylic acids is 3. The molecule has 1 atom stereocenters. The van der Waals surface area contributed by atoms with E-state index in [1.807, 2.05) is 0 Å². The Hall–Kier alpha value is -2.44. The molecule has 0 aliphatic carbocycles. The highest BCUT2D eigenvalue weighted by Crippen LogP contribution is 2.08. The summed E-state index contributed by atoms with van der Waals surface area (Å²) in [5.41, 5.74) is 0.545. The molecule has 0 aliphatic heterocycles. The van der Waals surface area contributed by atoms with E-state index in [0.717, 1.165) is 0 Å². The van der Waals surface area contributed by atoms with Crippen molar-refractivity contribution in [1.82, 2.24) is 5.32 Å². The largest absolute Gasteiger partial charge is 0.469 e. The quantitative estimate of drug-likeness (QED) is 0.759. The molecule has 0 fully saturated rings. The molecule has 0 heterocycles. The van der Waals surface area contributed by atoms with Gasteiger partial charge in [0, 0.05) is 12.8 Å². The molecule has 1 aromatic carbocycles. The fourth-order valence-electron chi connectivity index (χ4n) is 1.82. The Bertz CT molecular complexity index is 546. The third kappa shape index (κ3) is 5.90. The first kappa shape index (κ1) is 17.6. The summed E-state index contributed by atoms with van der Waals surface area (Å²) >= 11 is 0. The topological polar surface area (TPSA) is 81.7 Å². The molecule has 0 spiro atoms. The van der Waals surface area contributed by atoms with Gasteiger partial charge in [0.15, 0.2) is 0 Å². The van der Waals surface area contributed by atoms with Crippen LogP contribution in [0.25, 0.3) is 0 Å². The number of esters is 2. The number of hydrogen-bond donors (Lipinski definition) is 1. The Labute approximate surface area is 127 Å². The first-order valence-corrected chi connectivity index (χ1v) is 6.64. The minimum atomic E-state index is -0.947. The smallest absolute Gasteiger partial charge is 0.328 e. The van der Waals surface area contributed by atoms with Crippen LogP contribution < -0.4 is 5.32 Å². The molecule has 1 amide bonds. The average Bonchev–Trinajstić information content (AvgIpc) is 2.51. The Kier molecular flexibility index (Phi) is 7.01. The number of carbonyl (C=O) groups is 3. The van der Waals surface area contributed by atoms with E-state index in [2.05, 4.69) is 14.8 Å². The van der Waals surface area contributed by atoms with Crippen molar-refractivity contribution >= 4 is 17.8 Å². The van der Waals surface area contributed by atoms with Crippen molar-refractivity contribution < 1.29 is 28.2 Å². The summed E-state index contributed by atoms with van der Waals surface area (Å²) in [5.74, 6) is -2.08. The predicted molar refractivity (Wildman–Crippen MR) is 75.3 cm³/mol. The molecule has 1 N–H and O–H groups in total. The van der Waals surface area contributed by atoms with E-state index in [0.29, 0.717) is 5.56 Å². The van der Waals surface area contributed by atoms with Crippen LogP contribution in [0.1, 0.15) is 18.4 Å². The van der Waals surface area contributed by atoms with Crippen LogP contribution in [-0.2, 0) is 30.3 Å². The minimum absolute atomic E-state index is 0.0871. The van der Waals surface area contributed by atoms with E-state index >= 15 is 0 Å². The van der Waals surface area contributed by atoms with Crippen LogP contribution in [-0.4, -0.2) is 38.1 Å². The van der Waals surface area contributed by atoms with Crippen molar-refractivity contribution in [2.24, 2.45) is 0 Å². The van der Waals surface area contributed by atoms with Crippen LogP contribution >= 0.6 is 0 Å². The van der Waals surface area contributed by atoms with E-state index in [9.17, 15) is 18.8 Å². The van der Waals surface area contributed by atoms with Crippen molar-refractivity contribution in [1.29, 1.82) is 0 Å². The summed E-state index contributed by atoms with van der Waals surface area (Å²) in [5, 5.41) is 2.47. The predicted octanol–water partition coefficient (Wildman–Crippen LogP) is 0.979. The molecule has 0 aromatic heterocycles.